The third kappa shape index (κ3) is 49.4. The maximum atomic E-state index is 11.5. The molecule has 0 N–H and O–H groups in total. The Morgan fingerprint density at radius 1 is 0.462 bits per heavy atom. The van der Waals surface area contributed by atoms with Crippen LogP contribution in [0, 0.1) is 0 Å². The number of unbranched alkanes of at least 4 members (excludes halogenated alkanes) is 18. The molecular formula is C45H81NO6. The van der Waals surface area contributed by atoms with Gasteiger partial charge in [0.1, 0.15) is 0 Å². The minimum absolute atomic E-state index is 0.164. The quantitative estimate of drug-likeness (QED) is 0.0278. The predicted molar refractivity (Wildman–Crippen MR) is 220 cm³/mol. The van der Waals surface area contributed by atoms with Gasteiger partial charge in [-0.1, -0.05) is 140 Å². The van der Waals surface area contributed by atoms with Gasteiger partial charge >= 0.3 is 17.9 Å². The van der Waals surface area contributed by atoms with Gasteiger partial charge in [-0.15, -0.1) is 0 Å². The molecule has 0 bridgehead atoms. The van der Waals surface area contributed by atoms with E-state index >= 15 is 0 Å². The van der Waals surface area contributed by atoms with Crippen molar-refractivity contribution in [3.63, 3.8) is 0 Å². The lowest BCUT2D eigenvalue weighted by Gasteiger charge is -2.09. The molecule has 0 heterocycles. The standard InChI is InChI=1S/C25H45NO4.C20H36O2/c1-4-5-6-7-8-9-10-11-12-13-14-15-16-17-18-19-22-29-25(28)23-30-24(27)20-21-26(2)3;1-3-4-5-6-7-8-9-10-11-12-13-14-15-16-17-18-19-22-20(2)21/h8-9,11-12H,4-7,10,13-23H2,1-3H3;7-8,10-11H,3-6,9,12-19H2,1-2H3/b9-8-,12-11-;8-7-,11-10-. The second-order valence-electron chi connectivity index (χ2n) is 13.9. The van der Waals surface area contributed by atoms with Crippen LogP contribution in [0.3, 0.4) is 0 Å². The Bertz CT molecular complexity index is 907. The van der Waals surface area contributed by atoms with Crippen LogP contribution in [0.25, 0.3) is 0 Å². The average Bonchev–Trinajstić information content (AvgIpc) is 3.12. The topological polar surface area (TPSA) is 82.1 Å². The molecule has 0 fully saturated rings. The summed E-state index contributed by atoms with van der Waals surface area (Å²) in [7, 11) is 3.77. The summed E-state index contributed by atoms with van der Waals surface area (Å²) in [5.74, 6) is -0.993. The normalized spacial score (nSPS) is 11.6. The van der Waals surface area contributed by atoms with Crippen LogP contribution < -0.4 is 0 Å². The van der Waals surface area contributed by atoms with E-state index in [2.05, 4.69) is 62.5 Å². The SMILES string of the molecule is CCCCC/C=C\C/C=C\CCCCCCCCOC(=O)COC(=O)CCN(C)C.CCCCC/C=C\C/C=C\CCCCCCCCOC(C)=O. The number of hydrogen-bond acceptors (Lipinski definition) is 7. The second kappa shape index (κ2) is 44.5. The minimum atomic E-state index is -0.462. The maximum absolute atomic E-state index is 11.5. The van der Waals surface area contributed by atoms with E-state index in [9.17, 15) is 14.4 Å². The van der Waals surface area contributed by atoms with Crippen LogP contribution in [-0.4, -0.2) is 63.3 Å². The second-order valence-corrected chi connectivity index (χ2v) is 13.9. The Morgan fingerprint density at radius 2 is 0.846 bits per heavy atom. The van der Waals surface area contributed by atoms with Crippen LogP contribution in [0.4, 0.5) is 0 Å². The van der Waals surface area contributed by atoms with Crippen molar-refractivity contribution in [3.8, 4) is 0 Å². The first-order valence-electron chi connectivity index (χ1n) is 21.0. The summed E-state index contributed by atoms with van der Waals surface area (Å²) in [6.07, 6.45) is 47.7. The van der Waals surface area contributed by atoms with E-state index < -0.39 is 5.97 Å². The molecule has 52 heavy (non-hydrogen) atoms. The van der Waals surface area contributed by atoms with E-state index in [0.29, 0.717) is 19.8 Å². The first-order valence-corrected chi connectivity index (χ1v) is 21.0. The number of carbonyl (C=O) groups is 3. The zero-order chi connectivity index (χ0) is 38.6. The number of allylic oxidation sites excluding steroid dienone is 8. The lowest BCUT2D eigenvalue weighted by Crippen LogP contribution is -2.21. The molecule has 0 atom stereocenters. The molecule has 0 saturated heterocycles. The van der Waals surface area contributed by atoms with E-state index in [1.165, 1.54) is 122 Å². The fourth-order valence-electron chi connectivity index (χ4n) is 5.15. The molecule has 0 aliphatic carbocycles. The Labute approximate surface area is 321 Å². The maximum Gasteiger partial charge on any atom is 0.344 e. The molecule has 0 aromatic heterocycles. The number of carbonyl (C=O) groups excluding carboxylic acids is 3. The van der Waals surface area contributed by atoms with Crippen molar-refractivity contribution >= 4 is 17.9 Å². The van der Waals surface area contributed by atoms with Gasteiger partial charge in [-0.05, 0) is 91.1 Å². The molecule has 0 aliphatic rings. The molecule has 0 spiro atoms. The zero-order valence-corrected chi connectivity index (χ0v) is 34.5. The Hall–Kier alpha value is -2.67. The molecule has 0 saturated carbocycles. The van der Waals surface area contributed by atoms with Crippen molar-refractivity contribution in [2.45, 2.75) is 181 Å². The smallest absolute Gasteiger partial charge is 0.344 e. The molecule has 0 aliphatic heterocycles. The summed E-state index contributed by atoms with van der Waals surface area (Å²) in [6.45, 7) is 7.27. The van der Waals surface area contributed by atoms with Gasteiger partial charge in [0.2, 0.25) is 0 Å². The summed E-state index contributed by atoms with van der Waals surface area (Å²) < 4.78 is 14.9. The summed E-state index contributed by atoms with van der Waals surface area (Å²) in [5, 5.41) is 0. The molecule has 302 valence electrons. The number of nitrogens with zero attached hydrogens (tertiary/aromatic N) is 1. The largest absolute Gasteiger partial charge is 0.466 e. The monoisotopic (exact) mass is 732 g/mol. The molecule has 0 rings (SSSR count). The van der Waals surface area contributed by atoms with Crippen LogP contribution in [0.1, 0.15) is 181 Å². The number of esters is 3. The fourth-order valence-corrected chi connectivity index (χ4v) is 5.15. The highest BCUT2D eigenvalue weighted by Crippen LogP contribution is 2.10. The Morgan fingerprint density at radius 3 is 1.25 bits per heavy atom. The van der Waals surface area contributed by atoms with E-state index in [-0.39, 0.29) is 25.0 Å². The highest BCUT2D eigenvalue weighted by atomic mass is 16.6. The van der Waals surface area contributed by atoms with Crippen molar-refractivity contribution in [3.05, 3.63) is 48.6 Å². The van der Waals surface area contributed by atoms with Crippen molar-refractivity contribution in [2.75, 3.05) is 40.5 Å². The van der Waals surface area contributed by atoms with Crippen molar-refractivity contribution < 1.29 is 28.6 Å². The lowest BCUT2D eigenvalue weighted by atomic mass is 10.1. The number of ether oxygens (including phenoxy) is 3. The van der Waals surface area contributed by atoms with Gasteiger partial charge in [0.25, 0.3) is 0 Å². The number of rotatable bonds is 35. The fraction of sp³-hybridized carbons (Fsp3) is 0.756. The van der Waals surface area contributed by atoms with Crippen LogP contribution in [-0.2, 0) is 28.6 Å². The summed E-state index contributed by atoms with van der Waals surface area (Å²) >= 11 is 0. The molecular weight excluding hydrogens is 650 g/mol. The molecule has 0 radical (unpaired) electrons. The number of hydrogen-bond donors (Lipinski definition) is 0. The summed E-state index contributed by atoms with van der Waals surface area (Å²) in [6, 6.07) is 0. The predicted octanol–water partition coefficient (Wildman–Crippen LogP) is 12.2. The van der Waals surface area contributed by atoms with E-state index in [0.717, 1.165) is 38.5 Å². The zero-order valence-electron chi connectivity index (χ0n) is 34.5. The highest BCUT2D eigenvalue weighted by molar-refractivity contribution is 5.76. The Balaban J connectivity index is 0. The molecule has 0 aromatic rings. The van der Waals surface area contributed by atoms with Gasteiger partial charge in [0, 0.05) is 13.5 Å². The van der Waals surface area contributed by atoms with E-state index in [1.807, 2.05) is 19.0 Å². The van der Waals surface area contributed by atoms with Gasteiger partial charge in [0.15, 0.2) is 6.61 Å². The van der Waals surface area contributed by atoms with Gasteiger partial charge in [-0.2, -0.15) is 0 Å². The van der Waals surface area contributed by atoms with Crippen molar-refractivity contribution in [2.24, 2.45) is 0 Å². The van der Waals surface area contributed by atoms with Crippen molar-refractivity contribution in [1.29, 1.82) is 0 Å². The minimum Gasteiger partial charge on any atom is -0.466 e. The van der Waals surface area contributed by atoms with Crippen LogP contribution >= 0.6 is 0 Å². The molecule has 0 unspecified atom stereocenters. The van der Waals surface area contributed by atoms with E-state index in [1.54, 1.807) is 0 Å². The lowest BCUT2D eigenvalue weighted by molar-refractivity contribution is -0.159. The molecule has 0 aromatic carbocycles. The van der Waals surface area contributed by atoms with Gasteiger partial charge in [-0.25, -0.2) is 4.79 Å². The highest BCUT2D eigenvalue weighted by Gasteiger charge is 2.08. The summed E-state index contributed by atoms with van der Waals surface area (Å²) in [5.41, 5.74) is 0. The van der Waals surface area contributed by atoms with Gasteiger partial charge < -0.3 is 19.1 Å². The molecule has 7 nitrogen and oxygen atoms in total. The van der Waals surface area contributed by atoms with Gasteiger partial charge in [0.05, 0.1) is 19.6 Å². The average molecular weight is 732 g/mol. The molecule has 0 amide bonds. The first-order chi connectivity index (χ1) is 25.3. The van der Waals surface area contributed by atoms with Crippen LogP contribution in [0.5, 0.6) is 0 Å². The van der Waals surface area contributed by atoms with E-state index in [4.69, 9.17) is 14.2 Å². The van der Waals surface area contributed by atoms with Crippen LogP contribution in [0.15, 0.2) is 48.6 Å². The van der Waals surface area contributed by atoms with Crippen LogP contribution in [0.2, 0.25) is 0 Å². The third-order valence-corrected chi connectivity index (χ3v) is 8.37. The summed E-state index contributed by atoms with van der Waals surface area (Å²) in [4.78, 5) is 35.4. The Kier molecular flexibility index (Phi) is 44.0. The van der Waals surface area contributed by atoms with Gasteiger partial charge in [-0.3, -0.25) is 9.59 Å². The molecule has 7 heteroatoms. The third-order valence-electron chi connectivity index (χ3n) is 8.37. The van der Waals surface area contributed by atoms with Crippen molar-refractivity contribution in [1.82, 2.24) is 4.90 Å². The first kappa shape index (κ1) is 51.4.